The normalized spacial score (nSPS) is 31.1. The first-order valence-electron chi connectivity index (χ1n) is 21.2. The number of H-pyrrole nitrogens is 1. The van der Waals surface area contributed by atoms with Gasteiger partial charge in [-0.15, -0.1) is 0 Å². The van der Waals surface area contributed by atoms with Gasteiger partial charge in [-0.25, -0.2) is 18.3 Å². The Balaban J connectivity index is 0.759. The molecule has 11 heteroatoms. The molecule has 0 spiro atoms. The molecule has 2 amide bonds. The molecule has 5 aliphatic rings. The van der Waals surface area contributed by atoms with Crippen LogP contribution in [0, 0.1) is 40.3 Å². The average molecular weight is 775 g/mol. The Labute approximate surface area is 327 Å². The van der Waals surface area contributed by atoms with Gasteiger partial charge in [0, 0.05) is 63.9 Å². The standard InChI is InChI=1S/C45H57F3N4O4/c1-43-19-20-45(47,48)28-30(43)12-13-33-35-14-16-39(44(35,2)18-17-36(33)43)56-25-7-3-4-10-40(53)51-21-23-52(24-22-51)42(55)34-26-29(11-15-37(34)46)27-38-31-8-5-6-9-32(31)41(54)50-49-38/h5-6,8-9,11,15,26,30,33,35-36,39H,3-4,7,10,12-14,16-25,27-28H2,1-2H3,(H,50,54)/t30-,33-,35-,36-,39-,43-,44-/m0/s1. The smallest absolute Gasteiger partial charge is 0.272 e. The van der Waals surface area contributed by atoms with Crippen molar-refractivity contribution in [2.24, 2.45) is 34.5 Å². The van der Waals surface area contributed by atoms with E-state index < -0.39 is 17.6 Å². The fraction of sp³-hybridized carbons (Fsp3) is 0.644. The van der Waals surface area contributed by atoms with E-state index >= 15 is 0 Å². The summed E-state index contributed by atoms with van der Waals surface area (Å²) in [7, 11) is 0. The molecule has 56 heavy (non-hydrogen) atoms. The van der Waals surface area contributed by atoms with Crippen LogP contribution in [0.1, 0.15) is 119 Å². The number of alkyl halides is 2. The molecule has 5 fully saturated rings. The van der Waals surface area contributed by atoms with E-state index in [-0.39, 0.29) is 52.7 Å². The maximum Gasteiger partial charge on any atom is 0.272 e. The second kappa shape index (κ2) is 15.6. The van der Waals surface area contributed by atoms with Crippen molar-refractivity contribution < 1.29 is 27.5 Å². The summed E-state index contributed by atoms with van der Waals surface area (Å²) >= 11 is 0. The summed E-state index contributed by atoms with van der Waals surface area (Å²) in [5.74, 6) is -1.42. The summed E-state index contributed by atoms with van der Waals surface area (Å²) in [4.78, 5) is 42.2. The van der Waals surface area contributed by atoms with Gasteiger partial charge in [0.2, 0.25) is 11.8 Å². The van der Waals surface area contributed by atoms with E-state index in [0.717, 1.165) is 51.4 Å². The van der Waals surface area contributed by atoms with Gasteiger partial charge in [-0.3, -0.25) is 14.4 Å². The number of nitrogens with zero attached hydrogens (tertiary/aromatic N) is 3. The van der Waals surface area contributed by atoms with E-state index in [9.17, 15) is 27.6 Å². The Bertz CT molecular complexity index is 2000. The fourth-order valence-corrected chi connectivity index (χ4v) is 12.0. The molecule has 7 atom stereocenters. The van der Waals surface area contributed by atoms with Crippen LogP contribution in [0.3, 0.4) is 0 Å². The van der Waals surface area contributed by atoms with Gasteiger partial charge in [0.25, 0.3) is 11.5 Å². The average Bonchev–Trinajstić information content (AvgIpc) is 3.53. The molecule has 8 nitrogen and oxygen atoms in total. The number of carbonyl (C=O) groups excluding carboxylic acids is 2. The van der Waals surface area contributed by atoms with Crippen LogP contribution in [0.2, 0.25) is 0 Å². The van der Waals surface area contributed by atoms with Crippen molar-refractivity contribution in [1.82, 2.24) is 20.0 Å². The zero-order valence-electron chi connectivity index (χ0n) is 33.0. The molecular formula is C45H57F3N4O4. The molecule has 2 heterocycles. The maximum atomic E-state index is 15.0. The van der Waals surface area contributed by atoms with Gasteiger partial charge < -0.3 is 14.5 Å². The van der Waals surface area contributed by atoms with Gasteiger partial charge in [0.15, 0.2) is 0 Å². The predicted octanol–water partition coefficient (Wildman–Crippen LogP) is 8.56. The molecule has 8 rings (SSSR count). The number of fused-ring (bicyclic) bond motifs is 6. The Hall–Kier alpha value is -3.73. The number of nitrogens with one attached hydrogen (secondary N) is 1. The van der Waals surface area contributed by atoms with Gasteiger partial charge in [-0.1, -0.05) is 44.5 Å². The number of rotatable bonds is 10. The number of aromatic nitrogens is 2. The third-order valence-electron chi connectivity index (χ3n) is 15.2. The monoisotopic (exact) mass is 774 g/mol. The Morgan fingerprint density at radius 2 is 1.61 bits per heavy atom. The van der Waals surface area contributed by atoms with Crippen LogP contribution in [0.15, 0.2) is 47.3 Å². The first-order chi connectivity index (χ1) is 26.9. The molecule has 0 radical (unpaired) electrons. The van der Waals surface area contributed by atoms with Crippen LogP contribution in [0.5, 0.6) is 0 Å². The SMILES string of the molecule is C[C@]12CCC(F)(F)C[C@@H]1CC[C@@H]1[C@@H]2CC[C@]2(C)[C@@H](OCCCCCC(=O)N3CCN(C(=O)c4cc(Cc5n[nH]c(=O)c6ccccc56)ccc4F)CC3)CC[C@@H]12. The van der Waals surface area contributed by atoms with Gasteiger partial charge in [-0.05, 0) is 116 Å². The molecule has 3 aromatic rings. The molecule has 0 unspecified atom stereocenters. The third kappa shape index (κ3) is 7.42. The highest BCUT2D eigenvalue weighted by molar-refractivity contribution is 5.95. The lowest BCUT2D eigenvalue weighted by Crippen LogP contribution is -2.55. The van der Waals surface area contributed by atoms with Crippen molar-refractivity contribution in [3.8, 4) is 0 Å². The molecule has 4 saturated carbocycles. The molecule has 1 aromatic heterocycles. The Morgan fingerprint density at radius 1 is 0.857 bits per heavy atom. The number of aromatic amines is 1. The van der Waals surface area contributed by atoms with E-state index in [0.29, 0.717) is 91.8 Å². The second-order valence-electron chi connectivity index (χ2n) is 18.2. The molecule has 302 valence electrons. The molecular weight excluding hydrogens is 718 g/mol. The van der Waals surface area contributed by atoms with Crippen molar-refractivity contribution in [3.63, 3.8) is 0 Å². The highest BCUT2D eigenvalue weighted by atomic mass is 19.3. The Kier molecular flexibility index (Phi) is 10.9. The fourth-order valence-electron chi connectivity index (χ4n) is 12.0. The van der Waals surface area contributed by atoms with Gasteiger partial charge in [-0.2, -0.15) is 5.10 Å². The van der Waals surface area contributed by atoms with Crippen molar-refractivity contribution in [2.75, 3.05) is 32.8 Å². The number of amides is 2. The highest BCUT2D eigenvalue weighted by Crippen LogP contribution is 2.67. The van der Waals surface area contributed by atoms with E-state index in [4.69, 9.17) is 4.74 Å². The molecule has 4 aliphatic carbocycles. The number of hydrogen-bond donors (Lipinski definition) is 1. The van der Waals surface area contributed by atoms with E-state index in [2.05, 4.69) is 24.0 Å². The first kappa shape index (κ1) is 39.1. The zero-order valence-corrected chi connectivity index (χ0v) is 33.0. The number of benzene rings is 2. The first-order valence-corrected chi connectivity index (χ1v) is 21.2. The Morgan fingerprint density at radius 3 is 2.41 bits per heavy atom. The van der Waals surface area contributed by atoms with Crippen LogP contribution in [0.4, 0.5) is 13.2 Å². The number of unbranched alkanes of at least 4 members (excludes halogenated alkanes) is 2. The van der Waals surface area contributed by atoms with E-state index in [1.54, 1.807) is 29.2 Å². The molecule has 1 N–H and O–H groups in total. The van der Waals surface area contributed by atoms with Crippen LogP contribution in [0.25, 0.3) is 10.8 Å². The number of hydrogen-bond acceptors (Lipinski definition) is 5. The van der Waals surface area contributed by atoms with E-state index in [1.165, 1.54) is 12.5 Å². The van der Waals surface area contributed by atoms with Gasteiger partial charge in [0.05, 0.1) is 22.7 Å². The highest BCUT2D eigenvalue weighted by Gasteiger charge is 2.62. The van der Waals surface area contributed by atoms with Crippen LogP contribution in [-0.2, 0) is 16.0 Å². The van der Waals surface area contributed by atoms with E-state index in [1.807, 2.05) is 17.0 Å². The molecule has 0 bridgehead atoms. The van der Waals surface area contributed by atoms with Gasteiger partial charge >= 0.3 is 0 Å². The lowest BCUT2D eigenvalue weighted by molar-refractivity contribution is -0.169. The maximum absolute atomic E-state index is 15.0. The molecule has 1 saturated heterocycles. The minimum atomic E-state index is -2.49. The van der Waals surface area contributed by atoms with Gasteiger partial charge in [0.1, 0.15) is 5.82 Å². The number of carbonyl (C=O) groups is 2. The minimum absolute atomic E-state index is 0.0105. The summed E-state index contributed by atoms with van der Waals surface area (Å²) in [6.45, 7) is 6.98. The van der Waals surface area contributed by atoms with Crippen molar-refractivity contribution in [2.45, 2.75) is 116 Å². The number of piperazine rings is 1. The lowest BCUT2D eigenvalue weighted by Gasteiger charge is -2.61. The van der Waals surface area contributed by atoms with Crippen LogP contribution >= 0.6 is 0 Å². The van der Waals surface area contributed by atoms with Crippen LogP contribution in [-0.4, -0.2) is 76.6 Å². The van der Waals surface area contributed by atoms with Crippen LogP contribution < -0.4 is 5.56 Å². The number of ether oxygens (including phenoxy) is 1. The number of halogens is 3. The lowest BCUT2D eigenvalue weighted by atomic mass is 9.45. The second-order valence-corrected chi connectivity index (χ2v) is 18.2. The quantitative estimate of drug-likeness (QED) is 0.209. The minimum Gasteiger partial charge on any atom is -0.378 e. The zero-order chi connectivity index (χ0) is 39.2. The third-order valence-corrected chi connectivity index (χ3v) is 15.2. The van der Waals surface area contributed by atoms with Crippen molar-refractivity contribution >= 4 is 22.6 Å². The summed E-state index contributed by atoms with van der Waals surface area (Å²) in [6.07, 6.45) is 11.0. The summed E-state index contributed by atoms with van der Waals surface area (Å²) in [6, 6.07) is 11.7. The summed E-state index contributed by atoms with van der Waals surface area (Å²) in [5.41, 5.74) is 1.27. The molecule has 1 aliphatic heterocycles. The molecule has 2 aromatic carbocycles. The summed E-state index contributed by atoms with van der Waals surface area (Å²) < 4.78 is 50.3. The predicted molar refractivity (Wildman–Crippen MR) is 209 cm³/mol. The largest absolute Gasteiger partial charge is 0.378 e. The van der Waals surface area contributed by atoms with Crippen molar-refractivity contribution in [3.05, 3.63) is 75.5 Å². The van der Waals surface area contributed by atoms with Crippen molar-refractivity contribution in [1.29, 1.82) is 0 Å². The summed E-state index contributed by atoms with van der Waals surface area (Å²) in [5, 5.41) is 7.98. The topological polar surface area (TPSA) is 95.6 Å².